The average molecular weight is 282 g/mol. The molecule has 3 nitrogen and oxygen atoms in total. The minimum Gasteiger partial charge on any atom is -0.248 e. The molecule has 0 radical (unpaired) electrons. The van der Waals surface area contributed by atoms with Crippen molar-refractivity contribution in [2.24, 2.45) is 0 Å². The number of nitrogens with zero attached hydrogens (tertiary/aromatic N) is 3. The summed E-state index contributed by atoms with van der Waals surface area (Å²) in [6.45, 7) is 2.01. The Morgan fingerprint density at radius 3 is 2.60 bits per heavy atom. The van der Waals surface area contributed by atoms with Gasteiger partial charge in [-0.3, -0.25) is 0 Å². The first-order valence-corrected chi connectivity index (χ1v) is 5.93. The Labute approximate surface area is 101 Å². The fraction of sp³-hybridized carbons (Fsp3) is 0.100. The van der Waals surface area contributed by atoms with E-state index in [0.29, 0.717) is 5.16 Å². The van der Waals surface area contributed by atoms with E-state index in [1.165, 1.54) is 11.8 Å². The van der Waals surface area contributed by atoms with Crippen LogP contribution in [0.15, 0.2) is 45.4 Å². The van der Waals surface area contributed by atoms with Crippen LogP contribution in [0, 0.1) is 6.92 Å². The van der Waals surface area contributed by atoms with Gasteiger partial charge in [-0.05, 0) is 52.3 Å². The van der Waals surface area contributed by atoms with Gasteiger partial charge in [0.05, 0.1) is 4.47 Å². The van der Waals surface area contributed by atoms with Gasteiger partial charge in [-0.15, -0.1) is 0 Å². The lowest BCUT2D eigenvalue weighted by molar-refractivity contribution is 0.957. The predicted octanol–water partition coefficient (Wildman–Crippen LogP) is 3.09. The van der Waals surface area contributed by atoms with Crippen molar-refractivity contribution in [1.29, 1.82) is 0 Å². The number of halogens is 1. The van der Waals surface area contributed by atoms with Crippen LogP contribution in [0.1, 0.15) is 5.56 Å². The maximum absolute atomic E-state index is 4.31. The minimum absolute atomic E-state index is 0.703. The number of aryl methyl sites for hydroxylation is 1. The summed E-state index contributed by atoms with van der Waals surface area (Å²) in [5, 5.41) is 1.58. The number of pyridine rings is 1. The highest BCUT2D eigenvalue weighted by Gasteiger charge is 2.05. The van der Waals surface area contributed by atoms with Gasteiger partial charge in [-0.2, -0.15) is 0 Å². The molecule has 0 N–H and O–H groups in total. The Morgan fingerprint density at radius 2 is 1.93 bits per heavy atom. The van der Waals surface area contributed by atoms with Gasteiger partial charge >= 0.3 is 0 Å². The lowest BCUT2D eigenvalue weighted by atomic mass is 10.3. The van der Waals surface area contributed by atoms with Gasteiger partial charge < -0.3 is 0 Å². The molecule has 0 bridgehead atoms. The second-order valence-electron chi connectivity index (χ2n) is 2.93. The molecule has 0 saturated heterocycles. The van der Waals surface area contributed by atoms with E-state index in [4.69, 9.17) is 0 Å². The van der Waals surface area contributed by atoms with Crippen molar-refractivity contribution >= 4 is 27.7 Å². The largest absolute Gasteiger partial charge is 0.248 e. The van der Waals surface area contributed by atoms with E-state index >= 15 is 0 Å². The Kier molecular flexibility index (Phi) is 3.33. The first-order chi connectivity index (χ1) is 7.25. The number of aromatic nitrogens is 3. The van der Waals surface area contributed by atoms with E-state index in [-0.39, 0.29) is 0 Å². The van der Waals surface area contributed by atoms with Gasteiger partial charge in [0.2, 0.25) is 0 Å². The highest BCUT2D eigenvalue weighted by Crippen LogP contribution is 2.29. The van der Waals surface area contributed by atoms with E-state index in [1.807, 2.05) is 19.2 Å². The molecule has 0 aromatic carbocycles. The lowest BCUT2D eigenvalue weighted by Gasteiger charge is -2.02. The summed E-state index contributed by atoms with van der Waals surface area (Å²) >= 11 is 4.91. The summed E-state index contributed by atoms with van der Waals surface area (Å²) in [5.41, 5.74) is 1.13. The third kappa shape index (κ3) is 2.76. The van der Waals surface area contributed by atoms with Crippen molar-refractivity contribution in [1.82, 2.24) is 15.0 Å². The Hall–Kier alpha value is -0.940. The molecule has 0 aliphatic carbocycles. The van der Waals surface area contributed by atoms with E-state index in [9.17, 15) is 0 Å². The van der Waals surface area contributed by atoms with Crippen molar-refractivity contribution in [3.8, 4) is 0 Å². The number of rotatable bonds is 2. The molecule has 5 heteroatoms. The summed E-state index contributed by atoms with van der Waals surface area (Å²) < 4.78 is 0.972. The first-order valence-electron chi connectivity index (χ1n) is 4.33. The summed E-state index contributed by atoms with van der Waals surface area (Å²) in [4.78, 5) is 12.6. The maximum atomic E-state index is 4.31. The third-order valence-corrected chi connectivity index (χ3v) is 3.45. The highest BCUT2D eigenvalue weighted by atomic mass is 79.9. The average Bonchev–Trinajstić information content (AvgIpc) is 2.24. The predicted molar refractivity (Wildman–Crippen MR) is 62.8 cm³/mol. The zero-order valence-corrected chi connectivity index (χ0v) is 10.4. The van der Waals surface area contributed by atoms with Crippen LogP contribution < -0.4 is 0 Å². The van der Waals surface area contributed by atoms with Gasteiger partial charge in [0, 0.05) is 18.6 Å². The standard InChI is InChI=1S/C10H8BrN3S/c1-7-5-8(11)9(14-6-7)15-10-12-3-2-4-13-10/h2-6H,1H3. The maximum Gasteiger partial charge on any atom is 0.193 e. The smallest absolute Gasteiger partial charge is 0.193 e. The van der Waals surface area contributed by atoms with E-state index in [0.717, 1.165) is 15.1 Å². The molecule has 2 heterocycles. The van der Waals surface area contributed by atoms with Crippen molar-refractivity contribution in [2.45, 2.75) is 17.1 Å². The van der Waals surface area contributed by atoms with Gasteiger partial charge in [0.15, 0.2) is 5.16 Å². The third-order valence-electron chi connectivity index (χ3n) is 1.67. The van der Waals surface area contributed by atoms with Gasteiger partial charge in [-0.25, -0.2) is 15.0 Å². The van der Waals surface area contributed by atoms with Crippen molar-refractivity contribution < 1.29 is 0 Å². The zero-order chi connectivity index (χ0) is 10.7. The van der Waals surface area contributed by atoms with Crippen LogP contribution >= 0.6 is 27.7 Å². The second-order valence-corrected chi connectivity index (χ2v) is 4.74. The first kappa shape index (κ1) is 10.6. The van der Waals surface area contributed by atoms with Crippen LogP contribution in [-0.4, -0.2) is 15.0 Å². The molecular weight excluding hydrogens is 274 g/mol. The number of hydrogen-bond donors (Lipinski definition) is 0. The van der Waals surface area contributed by atoms with Gasteiger partial charge in [0.25, 0.3) is 0 Å². The molecule has 2 aromatic heterocycles. The van der Waals surface area contributed by atoms with Crippen LogP contribution in [0.2, 0.25) is 0 Å². The number of hydrogen-bond acceptors (Lipinski definition) is 4. The molecule has 0 aliphatic heterocycles. The molecule has 0 unspecified atom stereocenters. The second kappa shape index (κ2) is 4.72. The molecule has 0 aliphatic rings. The highest BCUT2D eigenvalue weighted by molar-refractivity contribution is 9.10. The molecule has 0 saturated carbocycles. The zero-order valence-electron chi connectivity index (χ0n) is 8.01. The molecule has 0 spiro atoms. The van der Waals surface area contributed by atoms with Gasteiger partial charge in [0.1, 0.15) is 5.03 Å². The molecule has 2 rings (SSSR count). The van der Waals surface area contributed by atoms with Crippen LogP contribution in [0.25, 0.3) is 0 Å². The molecule has 15 heavy (non-hydrogen) atoms. The minimum atomic E-state index is 0.703. The molecule has 76 valence electrons. The Bertz CT molecular complexity index is 461. The van der Waals surface area contributed by atoms with Crippen LogP contribution in [0.4, 0.5) is 0 Å². The monoisotopic (exact) mass is 281 g/mol. The molecular formula is C10H8BrN3S. The summed E-state index contributed by atoms with van der Waals surface area (Å²) in [6, 6.07) is 3.82. The van der Waals surface area contributed by atoms with Crippen molar-refractivity contribution in [3.05, 3.63) is 40.8 Å². The molecule has 0 fully saturated rings. The fourth-order valence-corrected chi connectivity index (χ4v) is 2.39. The fourth-order valence-electron chi connectivity index (χ4n) is 1.02. The van der Waals surface area contributed by atoms with Crippen LogP contribution in [-0.2, 0) is 0 Å². The van der Waals surface area contributed by atoms with Gasteiger partial charge in [-0.1, -0.05) is 0 Å². The van der Waals surface area contributed by atoms with Crippen molar-refractivity contribution in [2.75, 3.05) is 0 Å². The normalized spacial score (nSPS) is 10.3. The molecule has 0 amide bonds. The lowest BCUT2D eigenvalue weighted by Crippen LogP contribution is -1.87. The summed E-state index contributed by atoms with van der Waals surface area (Å²) in [6.07, 6.45) is 5.27. The SMILES string of the molecule is Cc1cnc(Sc2ncccn2)c(Br)c1. The van der Waals surface area contributed by atoms with E-state index in [1.54, 1.807) is 18.5 Å². The van der Waals surface area contributed by atoms with Crippen LogP contribution in [0.5, 0.6) is 0 Å². The van der Waals surface area contributed by atoms with Crippen molar-refractivity contribution in [3.63, 3.8) is 0 Å². The summed E-state index contributed by atoms with van der Waals surface area (Å²) in [5.74, 6) is 0. The van der Waals surface area contributed by atoms with E-state index < -0.39 is 0 Å². The van der Waals surface area contributed by atoms with E-state index in [2.05, 4.69) is 30.9 Å². The Balaban J connectivity index is 2.25. The topological polar surface area (TPSA) is 38.7 Å². The Morgan fingerprint density at radius 1 is 1.20 bits per heavy atom. The quantitative estimate of drug-likeness (QED) is 0.793. The molecule has 0 atom stereocenters. The summed E-state index contributed by atoms with van der Waals surface area (Å²) in [7, 11) is 0. The van der Waals surface area contributed by atoms with Crippen LogP contribution in [0.3, 0.4) is 0 Å². The molecule has 2 aromatic rings.